The Bertz CT molecular complexity index is 701. The lowest BCUT2D eigenvalue weighted by Gasteiger charge is -2.35. The third kappa shape index (κ3) is 4.99. The summed E-state index contributed by atoms with van der Waals surface area (Å²) in [6, 6.07) is 7.23. The molecule has 0 aliphatic carbocycles. The molecule has 1 N–H and O–H groups in total. The fourth-order valence-corrected chi connectivity index (χ4v) is 3.34. The molecule has 1 aliphatic rings. The SMILES string of the molecule is CC(COc1ccccc1N1CCN(C(=O)O)CC1)N(C)S(C)(=O)=O. The standard InChI is InChI=1S/C16H25N3O5S/c1-13(17(2)25(3,22)23)12-24-15-7-5-4-6-14(15)18-8-10-19(11-9-18)16(20)21/h4-7,13H,8-12H2,1-3H3,(H,20,21). The van der Waals surface area contributed by atoms with Crippen LogP contribution < -0.4 is 9.64 Å². The number of benzene rings is 1. The van der Waals surface area contributed by atoms with Crippen molar-refractivity contribution in [3.05, 3.63) is 24.3 Å². The highest BCUT2D eigenvalue weighted by atomic mass is 32.2. The van der Waals surface area contributed by atoms with Gasteiger partial charge >= 0.3 is 6.09 Å². The van der Waals surface area contributed by atoms with E-state index in [0.29, 0.717) is 31.9 Å². The van der Waals surface area contributed by atoms with Crippen molar-refractivity contribution in [2.45, 2.75) is 13.0 Å². The van der Waals surface area contributed by atoms with Crippen molar-refractivity contribution in [3.63, 3.8) is 0 Å². The first kappa shape index (κ1) is 19.3. The molecule has 1 unspecified atom stereocenters. The topological polar surface area (TPSA) is 90.4 Å². The molecular formula is C16H25N3O5S. The lowest BCUT2D eigenvalue weighted by Crippen LogP contribution is -2.48. The molecule has 1 atom stereocenters. The van der Waals surface area contributed by atoms with Gasteiger partial charge in [0.15, 0.2) is 0 Å². The average Bonchev–Trinajstić information content (AvgIpc) is 2.58. The molecule has 1 aromatic rings. The zero-order valence-electron chi connectivity index (χ0n) is 14.8. The summed E-state index contributed by atoms with van der Waals surface area (Å²) in [5, 5.41) is 9.04. The number of carboxylic acid groups (broad SMARTS) is 1. The van der Waals surface area contributed by atoms with Crippen molar-refractivity contribution in [2.24, 2.45) is 0 Å². The van der Waals surface area contributed by atoms with E-state index in [1.54, 1.807) is 6.92 Å². The number of hydrogen-bond acceptors (Lipinski definition) is 5. The van der Waals surface area contributed by atoms with Crippen LogP contribution in [0.5, 0.6) is 5.75 Å². The summed E-state index contributed by atoms with van der Waals surface area (Å²) in [7, 11) is -1.74. The third-order valence-corrected chi connectivity index (χ3v) is 5.79. The van der Waals surface area contributed by atoms with Crippen LogP contribution in [0.3, 0.4) is 0 Å². The Hall–Kier alpha value is -2.00. The van der Waals surface area contributed by atoms with E-state index < -0.39 is 16.1 Å². The molecule has 1 saturated heterocycles. The Morgan fingerprint density at radius 2 is 1.88 bits per heavy atom. The molecule has 1 fully saturated rings. The quantitative estimate of drug-likeness (QED) is 0.807. The van der Waals surface area contributed by atoms with Crippen molar-refractivity contribution >= 4 is 21.8 Å². The van der Waals surface area contributed by atoms with E-state index in [2.05, 4.69) is 4.90 Å². The molecule has 8 nitrogen and oxygen atoms in total. The normalized spacial score (nSPS) is 16.8. The molecule has 0 bridgehead atoms. The van der Waals surface area contributed by atoms with Gasteiger partial charge in [0, 0.05) is 33.2 Å². The Balaban J connectivity index is 2.03. The fourth-order valence-electron chi connectivity index (χ4n) is 2.62. The molecule has 0 radical (unpaired) electrons. The van der Waals surface area contributed by atoms with E-state index in [4.69, 9.17) is 9.84 Å². The number of amides is 1. The molecule has 0 aromatic heterocycles. The van der Waals surface area contributed by atoms with E-state index in [0.717, 1.165) is 5.69 Å². The van der Waals surface area contributed by atoms with Gasteiger partial charge in [-0.2, -0.15) is 4.31 Å². The Labute approximate surface area is 148 Å². The van der Waals surface area contributed by atoms with Gasteiger partial charge in [0.05, 0.1) is 18.0 Å². The highest BCUT2D eigenvalue weighted by molar-refractivity contribution is 7.88. The van der Waals surface area contributed by atoms with Crippen LogP contribution in [0.15, 0.2) is 24.3 Å². The molecule has 0 saturated carbocycles. The Morgan fingerprint density at radius 1 is 1.28 bits per heavy atom. The maximum absolute atomic E-state index is 11.6. The van der Waals surface area contributed by atoms with Gasteiger partial charge in [-0.05, 0) is 19.1 Å². The molecule has 0 spiro atoms. The lowest BCUT2D eigenvalue weighted by molar-refractivity contribution is 0.142. The van der Waals surface area contributed by atoms with Gasteiger partial charge in [0.25, 0.3) is 0 Å². The van der Waals surface area contributed by atoms with Crippen LogP contribution in [0.25, 0.3) is 0 Å². The zero-order chi connectivity index (χ0) is 18.6. The first-order valence-electron chi connectivity index (χ1n) is 8.08. The van der Waals surface area contributed by atoms with E-state index in [9.17, 15) is 13.2 Å². The van der Waals surface area contributed by atoms with Gasteiger partial charge in [0.2, 0.25) is 10.0 Å². The number of ether oxygens (including phenoxy) is 1. The van der Waals surface area contributed by atoms with Crippen LogP contribution in [0.1, 0.15) is 6.92 Å². The fraction of sp³-hybridized carbons (Fsp3) is 0.562. The summed E-state index contributed by atoms with van der Waals surface area (Å²) in [4.78, 5) is 14.5. The largest absolute Gasteiger partial charge is 0.490 e. The van der Waals surface area contributed by atoms with Crippen molar-refractivity contribution in [1.29, 1.82) is 0 Å². The molecule has 1 heterocycles. The van der Waals surface area contributed by atoms with Gasteiger partial charge in [-0.25, -0.2) is 13.2 Å². The van der Waals surface area contributed by atoms with Crippen molar-refractivity contribution in [2.75, 3.05) is 51.0 Å². The predicted molar refractivity (Wildman–Crippen MR) is 95.8 cm³/mol. The third-order valence-electron chi connectivity index (χ3n) is 4.38. The van der Waals surface area contributed by atoms with E-state index in [-0.39, 0.29) is 12.6 Å². The minimum Gasteiger partial charge on any atom is -0.490 e. The van der Waals surface area contributed by atoms with E-state index in [1.165, 1.54) is 22.5 Å². The summed E-state index contributed by atoms with van der Waals surface area (Å²) < 4.78 is 30.3. The van der Waals surface area contributed by atoms with E-state index >= 15 is 0 Å². The second kappa shape index (κ2) is 7.92. The number of rotatable bonds is 6. The monoisotopic (exact) mass is 371 g/mol. The highest BCUT2D eigenvalue weighted by Gasteiger charge is 2.23. The van der Waals surface area contributed by atoms with Crippen LogP contribution in [0.4, 0.5) is 10.5 Å². The van der Waals surface area contributed by atoms with Crippen LogP contribution >= 0.6 is 0 Å². The van der Waals surface area contributed by atoms with Crippen LogP contribution in [-0.2, 0) is 10.0 Å². The van der Waals surface area contributed by atoms with Gasteiger partial charge in [-0.3, -0.25) is 0 Å². The second-order valence-electron chi connectivity index (χ2n) is 6.16. The molecule has 25 heavy (non-hydrogen) atoms. The van der Waals surface area contributed by atoms with Gasteiger partial charge in [-0.15, -0.1) is 0 Å². The molecule has 2 rings (SSSR count). The Morgan fingerprint density at radius 3 is 2.44 bits per heavy atom. The van der Waals surface area contributed by atoms with Crippen LogP contribution in [0, 0.1) is 0 Å². The van der Waals surface area contributed by atoms with Gasteiger partial charge < -0.3 is 19.6 Å². The average molecular weight is 371 g/mol. The summed E-state index contributed by atoms with van der Waals surface area (Å²) in [6.07, 6.45) is 0.265. The molecule has 1 aliphatic heterocycles. The second-order valence-corrected chi connectivity index (χ2v) is 8.21. The summed E-state index contributed by atoms with van der Waals surface area (Å²) in [5.41, 5.74) is 0.891. The Kier molecular flexibility index (Phi) is 6.12. The smallest absolute Gasteiger partial charge is 0.407 e. The minimum atomic E-state index is -3.27. The summed E-state index contributed by atoms with van der Waals surface area (Å²) in [6.45, 7) is 4.08. The first-order valence-corrected chi connectivity index (χ1v) is 9.92. The first-order chi connectivity index (χ1) is 11.7. The summed E-state index contributed by atoms with van der Waals surface area (Å²) in [5.74, 6) is 0.667. The number of nitrogens with zero attached hydrogens (tertiary/aromatic N) is 3. The number of para-hydroxylation sites is 2. The number of piperazine rings is 1. The number of anilines is 1. The lowest BCUT2D eigenvalue weighted by atomic mass is 10.2. The molecule has 1 aromatic carbocycles. The number of hydrogen-bond donors (Lipinski definition) is 1. The molecule has 140 valence electrons. The number of carbonyl (C=O) groups is 1. The van der Waals surface area contributed by atoms with E-state index in [1.807, 2.05) is 24.3 Å². The maximum Gasteiger partial charge on any atom is 0.407 e. The molecule has 9 heteroatoms. The van der Waals surface area contributed by atoms with Gasteiger partial charge in [-0.1, -0.05) is 12.1 Å². The maximum atomic E-state index is 11.6. The van der Waals surface area contributed by atoms with Crippen molar-refractivity contribution in [1.82, 2.24) is 9.21 Å². The van der Waals surface area contributed by atoms with Crippen molar-refractivity contribution < 1.29 is 23.1 Å². The summed E-state index contributed by atoms with van der Waals surface area (Å²) >= 11 is 0. The van der Waals surface area contributed by atoms with Crippen LogP contribution in [0.2, 0.25) is 0 Å². The van der Waals surface area contributed by atoms with Crippen molar-refractivity contribution in [3.8, 4) is 5.75 Å². The van der Waals surface area contributed by atoms with Crippen LogP contribution in [-0.4, -0.2) is 81.0 Å². The number of likely N-dealkylation sites (N-methyl/N-ethyl adjacent to an activating group) is 1. The number of sulfonamides is 1. The zero-order valence-corrected chi connectivity index (χ0v) is 15.6. The minimum absolute atomic E-state index is 0.232. The van der Waals surface area contributed by atoms with Gasteiger partial charge in [0.1, 0.15) is 12.4 Å². The molecule has 1 amide bonds. The molecular weight excluding hydrogens is 346 g/mol. The predicted octanol–water partition coefficient (Wildman–Crippen LogP) is 1.15. The highest BCUT2D eigenvalue weighted by Crippen LogP contribution is 2.29.